The van der Waals surface area contributed by atoms with Crippen LogP contribution >= 0.6 is 0 Å². The summed E-state index contributed by atoms with van der Waals surface area (Å²) in [5, 5.41) is 26.3. The third kappa shape index (κ3) is 7.65. The van der Waals surface area contributed by atoms with Crippen LogP contribution in [0.2, 0.25) is 0 Å². The fourth-order valence-electron chi connectivity index (χ4n) is 8.03. The zero-order chi connectivity index (χ0) is 40.5. The largest absolute Gasteiger partial charge is 0.458 e. The summed E-state index contributed by atoms with van der Waals surface area (Å²) in [5.74, 6) is -5.21. The number of aliphatic hydroxyl groups excluding tert-OH is 2. The summed E-state index contributed by atoms with van der Waals surface area (Å²) < 4.78 is 62.0. The number of hydrogen-bond donors (Lipinski definition) is 4. The number of carbonyl (C=O) groups excluding carboxylic acids is 4. The van der Waals surface area contributed by atoms with Crippen molar-refractivity contribution in [3.63, 3.8) is 0 Å². The Morgan fingerprint density at radius 3 is 2.25 bits per heavy atom. The maximum atomic E-state index is 14.9. The molecule has 57 heavy (non-hydrogen) atoms. The number of nitrogens with one attached hydrogen (secondary N) is 2. The molecule has 3 aromatic carbocycles. The van der Waals surface area contributed by atoms with Crippen molar-refractivity contribution in [2.45, 2.75) is 74.5 Å². The zero-order valence-electron chi connectivity index (χ0n) is 30.5. The first kappa shape index (κ1) is 40.0. The van der Waals surface area contributed by atoms with Gasteiger partial charge in [0.2, 0.25) is 17.6 Å². The Kier molecular flexibility index (Phi) is 11.2. The quantitative estimate of drug-likeness (QED) is 0.147. The minimum Gasteiger partial charge on any atom is -0.458 e. The molecular formula is C40H40F3N3O11. The second-order valence-electron chi connectivity index (χ2n) is 14.2. The molecular weight excluding hydrogens is 755 g/mol. The van der Waals surface area contributed by atoms with E-state index in [-0.39, 0.29) is 19.5 Å². The van der Waals surface area contributed by atoms with Crippen molar-refractivity contribution in [1.82, 2.24) is 15.7 Å². The lowest BCUT2D eigenvalue weighted by Crippen LogP contribution is -2.71. The van der Waals surface area contributed by atoms with Crippen molar-refractivity contribution in [3.05, 3.63) is 113 Å². The van der Waals surface area contributed by atoms with Crippen LogP contribution in [0, 0.1) is 5.41 Å². The maximum Gasteiger partial charge on any atom is 0.422 e. The monoisotopic (exact) mass is 795 g/mol. The second-order valence-corrected chi connectivity index (χ2v) is 14.2. The number of ether oxygens (including phenoxy) is 4. The van der Waals surface area contributed by atoms with Gasteiger partial charge in [0.25, 0.3) is 0 Å². The van der Waals surface area contributed by atoms with Gasteiger partial charge in [-0.05, 0) is 24.1 Å². The highest BCUT2D eigenvalue weighted by atomic mass is 19.4. The van der Waals surface area contributed by atoms with Crippen LogP contribution < -0.4 is 10.6 Å². The van der Waals surface area contributed by atoms with Crippen LogP contribution in [0.4, 0.5) is 13.2 Å². The number of halogens is 3. The third-order valence-electron chi connectivity index (χ3n) is 10.5. The van der Waals surface area contributed by atoms with Crippen molar-refractivity contribution in [2.24, 2.45) is 5.41 Å². The molecule has 1 saturated carbocycles. The van der Waals surface area contributed by atoms with Gasteiger partial charge in [0, 0.05) is 30.2 Å². The summed E-state index contributed by atoms with van der Waals surface area (Å²) in [5.41, 5.74) is 0.224. The van der Waals surface area contributed by atoms with Gasteiger partial charge in [0.15, 0.2) is 12.6 Å². The number of aliphatic hydroxyl groups is 2. The Labute approximate surface area is 324 Å². The van der Waals surface area contributed by atoms with Gasteiger partial charge >= 0.3 is 18.1 Å². The Balaban J connectivity index is 1.28. The van der Waals surface area contributed by atoms with Crippen LogP contribution in [0.25, 0.3) is 6.08 Å². The first-order valence-electron chi connectivity index (χ1n) is 18.2. The van der Waals surface area contributed by atoms with E-state index in [4.69, 9.17) is 19.0 Å². The van der Waals surface area contributed by atoms with Gasteiger partial charge in [-0.2, -0.15) is 18.2 Å². The number of alkyl halides is 3. The molecule has 3 aliphatic heterocycles. The van der Waals surface area contributed by atoms with E-state index >= 15 is 0 Å². The molecule has 3 aromatic rings. The van der Waals surface area contributed by atoms with E-state index < -0.39 is 96.9 Å². The van der Waals surface area contributed by atoms with E-state index in [2.05, 4.69) is 15.4 Å². The SMILES string of the molecule is CC(O)C(NC(=O)C12CC3OC(=O)C1N(Cc1ccccc1C=CC(=O)OCC(F)(F)F)OC2C1OC(c2ccccc2)(c2ccccc2)OC31)C(=O)NCCO. The van der Waals surface area contributed by atoms with E-state index in [1.807, 2.05) is 60.7 Å². The van der Waals surface area contributed by atoms with Crippen molar-refractivity contribution in [1.29, 1.82) is 0 Å². The predicted octanol–water partition coefficient (Wildman–Crippen LogP) is 2.26. The topological polar surface area (TPSA) is 182 Å². The molecule has 302 valence electrons. The number of hydrogen-bond acceptors (Lipinski definition) is 12. The molecule has 3 heterocycles. The lowest BCUT2D eigenvalue weighted by molar-refractivity contribution is -0.213. The van der Waals surface area contributed by atoms with E-state index in [1.54, 1.807) is 24.3 Å². The molecule has 0 aromatic heterocycles. The van der Waals surface area contributed by atoms with Gasteiger partial charge in [-0.15, -0.1) is 0 Å². The minimum atomic E-state index is -4.71. The highest BCUT2D eigenvalue weighted by molar-refractivity contribution is 5.96. The van der Waals surface area contributed by atoms with E-state index in [1.165, 1.54) is 18.1 Å². The van der Waals surface area contributed by atoms with Gasteiger partial charge in [-0.1, -0.05) is 84.9 Å². The summed E-state index contributed by atoms with van der Waals surface area (Å²) >= 11 is 0. The molecule has 2 bridgehead atoms. The summed E-state index contributed by atoms with van der Waals surface area (Å²) in [4.78, 5) is 61.0. The van der Waals surface area contributed by atoms with E-state index in [0.717, 1.165) is 6.08 Å². The molecule has 0 radical (unpaired) electrons. The number of amides is 2. The number of hydroxylamine groups is 2. The number of carbonyl (C=O) groups is 4. The highest BCUT2D eigenvalue weighted by Crippen LogP contribution is 2.59. The van der Waals surface area contributed by atoms with Crippen molar-refractivity contribution in [2.75, 3.05) is 19.8 Å². The molecule has 8 atom stereocenters. The molecule has 4 fully saturated rings. The molecule has 0 spiro atoms. The normalized spacial score (nSPS) is 27.3. The summed E-state index contributed by atoms with van der Waals surface area (Å²) in [6, 6.07) is 21.7. The first-order valence-corrected chi connectivity index (χ1v) is 18.2. The Morgan fingerprint density at radius 2 is 1.61 bits per heavy atom. The van der Waals surface area contributed by atoms with Crippen LogP contribution in [0.1, 0.15) is 35.6 Å². The molecule has 3 saturated heterocycles. The van der Waals surface area contributed by atoms with Crippen molar-refractivity contribution in [3.8, 4) is 0 Å². The smallest absolute Gasteiger partial charge is 0.422 e. The first-order chi connectivity index (χ1) is 27.3. The molecule has 7 rings (SSSR count). The zero-order valence-corrected chi connectivity index (χ0v) is 30.5. The van der Waals surface area contributed by atoms with E-state index in [0.29, 0.717) is 22.3 Å². The van der Waals surface area contributed by atoms with Crippen LogP contribution in [-0.4, -0.2) is 108 Å². The molecule has 4 aliphatic rings. The fraction of sp³-hybridized carbons (Fsp3) is 0.400. The van der Waals surface area contributed by atoms with Crippen molar-refractivity contribution < 1.29 is 66.3 Å². The number of esters is 2. The highest BCUT2D eigenvalue weighted by Gasteiger charge is 2.76. The average molecular weight is 796 g/mol. The van der Waals surface area contributed by atoms with Gasteiger partial charge in [-0.25, -0.2) is 4.79 Å². The molecule has 14 nitrogen and oxygen atoms in total. The van der Waals surface area contributed by atoms with Crippen LogP contribution in [0.15, 0.2) is 91.0 Å². The minimum absolute atomic E-state index is 0.141. The molecule has 2 amide bonds. The Bertz CT molecular complexity index is 1960. The van der Waals surface area contributed by atoms with Gasteiger partial charge < -0.3 is 39.8 Å². The molecule has 17 heteroatoms. The van der Waals surface area contributed by atoms with Crippen LogP contribution in [0.5, 0.6) is 0 Å². The molecule has 8 unspecified atom stereocenters. The molecule has 4 N–H and O–H groups in total. The summed E-state index contributed by atoms with van der Waals surface area (Å²) in [6.07, 6.45) is -8.48. The average Bonchev–Trinajstić information content (AvgIpc) is 3.78. The van der Waals surface area contributed by atoms with Gasteiger partial charge in [0.1, 0.15) is 35.9 Å². The number of nitrogens with zero attached hydrogens (tertiary/aromatic N) is 1. The standard InChI is InChI=1S/C40H40F3N3O11/c1-23(48)30(35(50)44-18-19-47)45-37(52)38-20-28-31-32(56-40(55-31,26-12-4-2-5-13-26)27-14-6-3-7-15-27)34(38)57-46(33(38)36(51)54-28)21-25-11-9-8-10-24(25)16-17-29(49)53-22-39(41,42)43/h2-17,23,28,30-34,47-48H,18-22H2,1H3,(H,44,50)(H,45,52). The van der Waals surface area contributed by atoms with Gasteiger partial charge in [0.05, 0.1) is 19.3 Å². The summed E-state index contributed by atoms with van der Waals surface area (Å²) in [7, 11) is 0. The maximum absolute atomic E-state index is 14.9. The third-order valence-corrected chi connectivity index (χ3v) is 10.5. The summed E-state index contributed by atoms with van der Waals surface area (Å²) in [6.45, 7) is -1.21. The van der Waals surface area contributed by atoms with E-state index in [9.17, 15) is 42.6 Å². The van der Waals surface area contributed by atoms with Crippen LogP contribution in [-0.2, 0) is 55.3 Å². The number of benzene rings is 3. The Hall–Kier alpha value is -5.17. The predicted molar refractivity (Wildman–Crippen MR) is 191 cm³/mol. The lowest BCUT2D eigenvalue weighted by Gasteiger charge is -2.49. The van der Waals surface area contributed by atoms with Gasteiger partial charge in [-0.3, -0.25) is 19.2 Å². The lowest BCUT2D eigenvalue weighted by atomic mass is 9.62. The van der Waals surface area contributed by atoms with Crippen LogP contribution in [0.3, 0.4) is 0 Å². The second kappa shape index (κ2) is 16.0. The molecule has 1 aliphatic carbocycles. The number of fused-ring (bicyclic) bond motifs is 4. The number of rotatable bonds is 13. The fourth-order valence-corrected chi connectivity index (χ4v) is 8.03. The van der Waals surface area contributed by atoms with Crippen molar-refractivity contribution >= 4 is 29.8 Å². The Morgan fingerprint density at radius 1 is 0.982 bits per heavy atom.